The second kappa shape index (κ2) is 5.97. The summed E-state index contributed by atoms with van der Waals surface area (Å²) in [5.74, 6) is -0.547. The van der Waals surface area contributed by atoms with E-state index in [1.165, 1.54) is 35.5 Å². The average molecular weight is 268 g/mol. The van der Waals surface area contributed by atoms with Gasteiger partial charge in [-0.15, -0.1) is 11.3 Å². The topological polar surface area (TPSA) is 76.6 Å². The van der Waals surface area contributed by atoms with Gasteiger partial charge in [0, 0.05) is 0 Å². The van der Waals surface area contributed by atoms with Crippen LogP contribution in [0.5, 0.6) is 0 Å². The summed E-state index contributed by atoms with van der Waals surface area (Å²) in [6, 6.07) is 1.64. The van der Waals surface area contributed by atoms with Gasteiger partial charge in [-0.1, -0.05) is 0 Å². The summed E-state index contributed by atoms with van der Waals surface area (Å²) in [7, 11) is 0. The largest absolute Gasteiger partial charge is 0.366 e. The van der Waals surface area contributed by atoms with Gasteiger partial charge in [-0.25, -0.2) is 0 Å². The number of nitrogens with one attached hydrogen (secondary N) is 2. The quantitative estimate of drug-likeness (QED) is 0.710. The molecule has 18 heavy (non-hydrogen) atoms. The number of carbonyl (C=O) groups excluding carboxylic acids is 2. The number of nitrogens with two attached hydrogens (primary N) is 1. The third-order valence-electron chi connectivity index (χ3n) is 3.15. The number of quaternary nitrogens is 1. The summed E-state index contributed by atoms with van der Waals surface area (Å²) in [6.45, 7) is 2.58. The molecule has 1 fully saturated rings. The van der Waals surface area contributed by atoms with Crippen molar-refractivity contribution in [2.75, 3.05) is 25.0 Å². The van der Waals surface area contributed by atoms with Gasteiger partial charge < -0.3 is 16.0 Å². The maximum absolute atomic E-state index is 11.9. The van der Waals surface area contributed by atoms with Crippen LogP contribution in [0.3, 0.4) is 0 Å². The van der Waals surface area contributed by atoms with Crippen molar-refractivity contribution in [3.8, 4) is 0 Å². The molecule has 1 aromatic heterocycles. The molecule has 0 unspecified atom stereocenters. The fourth-order valence-corrected chi connectivity index (χ4v) is 3.04. The molecule has 2 amide bonds. The van der Waals surface area contributed by atoms with Crippen LogP contribution in [0, 0.1) is 0 Å². The van der Waals surface area contributed by atoms with Crippen molar-refractivity contribution in [1.29, 1.82) is 0 Å². The van der Waals surface area contributed by atoms with E-state index in [1.807, 2.05) is 0 Å². The number of thiophene rings is 1. The minimum Gasteiger partial charge on any atom is -0.366 e. The van der Waals surface area contributed by atoms with E-state index in [4.69, 9.17) is 5.73 Å². The molecule has 0 aliphatic carbocycles. The van der Waals surface area contributed by atoms with E-state index in [0.29, 0.717) is 17.1 Å². The van der Waals surface area contributed by atoms with Gasteiger partial charge in [0.1, 0.15) is 5.00 Å². The van der Waals surface area contributed by atoms with Crippen molar-refractivity contribution >= 4 is 28.2 Å². The molecule has 5 nitrogen and oxygen atoms in total. The van der Waals surface area contributed by atoms with Crippen molar-refractivity contribution in [2.24, 2.45) is 5.73 Å². The fourth-order valence-electron chi connectivity index (χ4n) is 2.23. The lowest BCUT2D eigenvalue weighted by Gasteiger charge is -2.22. The summed E-state index contributed by atoms with van der Waals surface area (Å²) in [4.78, 5) is 24.3. The van der Waals surface area contributed by atoms with Crippen LogP contribution in [-0.2, 0) is 4.79 Å². The molecule has 1 aromatic rings. The highest BCUT2D eigenvalue weighted by Crippen LogP contribution is 2.22. The number of anilines is 1. The van der Waals surface area contributed by atoms with Gasteiger partial charge in [-0.3, -0.25) is 9.59 Å². The van der Waals surface area contributed by atoms with Gasteiger partial charge in [0.2, 0.25) is 0 Å². The number of hydrogen-bond acceptors (Lipinski definition) is 3. The highest BCUT2D eigenvalue weighted by Gasteiger charge is 2.19. The monoisotopic (exact) mass is 268 g/mol. The van der Waals surface area contributed by atoms with E-state index in [-0.39, 0.29) is 5.91 Å². The second-order valence-corrected chi connectivity index (χ2v) is 5.48. The number of carbonyl (C=O) groups is 2. The molecule has 4 N–H and O–H groups in total. The van der Waals surface area contributed by atoms with Crippen molar-refractivity contribution in [3.63, 3.8) is 0 Å². The zero-order valence-electron chi connectivity index (χ0n) is 10.2. The second-order valence-electron chi connectivity index (χ2n) is 4.56. The molecule has 0 aromatic carbocycles. The third kappa shape index (κ3) is 3.30. The SMILES string of the molecule is NC(=O)c1ccsc1NC(=O)C[NH+]1CCCCC1. The maximum atomic E-state index is 11.9. The summed E-state index contributed by atoms with van der Waals surface area (Å²) < 4.78 is 0. The molecule has 0 bridgehead atoms. The van der Waals surface area contributed by atoms with Gasteiger partial charge in [-0.2, -0.15) is 0 Å². The number of piperidine rings is 1. The minimum absolute atomic E-state index is 0.0446. The molecule has 0 saturated carbocycles. The first-order valence-electron chi connectivity index (χ1n) is 6.17. The first-order valence-corrected chi connectivity index (χ1v) is 7.05. The Labute approximate surface area is 110 Å². The zero-order chi connectivity index (χ0) is 13.0. The molecule has 1 aliphatic heterocycles. The van der Waals surface area contributed by atoms with E-state index in [1.54, 1.807) is 11.4 Å². The summed E-state index contributed by atoms with van der Waals surface area (Å²) >= 11 is 1.33. The van der Waals surface area contributed by atoms with Crippen LogP contribution in [0.25, 0.3) is 0 Å². The van der Waals surface area contributed by atoms with Crippen LogP contribution in [0.15, 0.2) is 11.4 Å². The Morgan fingerprint density at radius 3 is 2.72 bits per heavy atom. The predicted molar refractivity (Wildman–Crippen MR) is 70.9 cm³/mol. The van der Waals surface area contributed by atoms with E-state index in [0.717, 1.165) is 13.1 Å². The average Bonchev–Trinajstić information content (AvgIpc) is 2.78. The zero-order valence-corrected chi connectivity index (χ0v) is 11.0. The van der Waals surface area contributed by atoms with Crippen LogP contribution in [0.4, 0.5) is 5.00 Å². The van der Waals surface area contributed by atoms with Gasteiger partial charge in [0.05, 0.1) is 18.7 Å². The van der Waals surface area contributed by atoms with E-state index in [9.17, 15) is 9.59 Å². The Morgan fingerprint density at radius 2 is 2.06 bits per heavy atom. The highest BCUT2D eigenvalue weighted by molar-refractivity contribution is 7.14. The predicted octanol–water partition coefficient (Wildman–Crippen LogP) is -0.146. The molecule has 6 heteroatoms. The Balaban J connectivity index is 1.90. The number of amides is 2. The molecule has 0 radical (unpaired) electrons. The van der Waals surface area contributed by atoms with Gasteiger partial charge in [0.25, 0.3) is 11.8 Å². The van der Waals surface area contributed by atoms with E-state index in [2.05, 4.69) is 5.32 Å². The smallest absolute Gasteiger partial charge is 0.280 e. The Bertz CT molecular complexity index is 438. The number of rotatable bonds is 4. The molecular formula is C12H18N3O2S+. The molecule has 0 spiro atoms. The third-order valence-corrected chi connectivity index (χ3v) is 3.98. The van der Waals surface area contributed by atoms with Gasteiger partial charge in [-0.05, 0) is 30.7 Å². The first-order chi connectivity index (χ1) is 8.66. The van der Waals surface area contributed by atoms with Gasteiger partial charge >= 0.3 is 0 Å². The molecule has 1 aliphatic rings. The molecule has 2 rings (SSSR count). The van der Waals surface area contributed by atoms with Crippen molar-refractivity contribution in [1.82, 2.24) is 0 Å². The highest BCUT2D eigenvalue weighted by atomic mass is 32.1. The van der Waals surface area contributed by atoms with Crippen LogP contribution < -0.4 is 16.0 Å². The lowest BCUT2D eigenvalue weighted by atomic mass is 10.1. The molecular weight excluding hydrogens is 250 g/mol. The van der Waals surface area contributed by atoms with Crippen LogP contribution in [0.2, 0.25) is 0 Å². The lowest BCUT2D eigenvalue weighted by molar-refractivity contribution is -0.896. The number of hydrogen-bond donors (Lipinski definition) is 3. The molecule has 2 heterocycles. The number of likely N-dealkylation sites (tertiary alicyclic amines) is 1. The van der Waals surface area contributed by atoms with Crippen LogP contribution >= 0.6 is 11.3 Å². The van der Waals surface area contributed by atoms with Crippen LogP contribution in [-0.4, -0.2) is 31.4 Å². The number of primary amides is 1. The minimum atomic E-state index is -0.503. The molecule has 0 atom stereocenters. The van der Waals surface area contributed by atoms with Crippen molar-refractivity contribution in [3.05, 3.63) is 17.0 Å². The lowest BCUT2D eigenvalue weighted by Crippen LogP contribution is -3.13. The first kappa shape index (κ1) is 13.0. The summed E-state index contributed by atoms with van der Waals surface area (Å²) in [5, 5.41) is 5.09. The summed E-state index contributed by atoms with van der Waals surface area (Å²) in [5.41, 5.74) is 5.62. The van der Waals surface area contributed by atoms with Crippen molar-refractivity contribution in [2.45, 2.75) is 19.3 Å². The standard InChI is InChI=1S/C12H17N3O2S/c13-11(17)9-4-7-18-12(9)14-10(16)8-15-5-2-1-3-6-15/h4,7H,1-3,5-6,8H2,(H2,13,17)(H,14,16)/p+1. The van der Waals surface area contributed by atoms with Gasteiger partial charge in [0.15, 0.2) is 6.54 Å². The van der Waals surface area contributed by atoms with Crippen molar-refractivity contribution < 1.29 is 14.5 Å². The maximum Gasteiger partial charge on any atom is 0.280 e. The summed E-state index contributed by atoms with van der Waals surface area (Å²) in [6.07, 6.45) is 3.64. The van der Waals surface area contributed by atoms with E-state index >= 15 is 0 Å². The normalized spacial score (nSPS) is 16.4. The molecule has 98 valence electrons. The van der Waals surface area contributed by atoms with Crippen LogP contribution in [0.1, 0.15) is 29.6 Å². The fraction of sp³-hybridized carbons (Fsp3) is 0.500. The van der Waals surface area contributed by atoms with E-state index < -0.39 is 5.91 Å². The Hall–Kier alpha value is -1.40. The Kier molecular flexibility index (Phi) is 4.33. The molecule has 1 saturated heterocycles. The Morgan fingerprint density at radius 1 is 1.33 bits per heavy atom.